The summed E-state index contributed by atoms with van der Waals surface area (Å²) in [5.74, 6) is -0.369. The summed E-state index contributed by atoms with van der Waals surface area (Å²) in [5.41, 5.74) is 1.37. The first-order chi connectivity index (χ1) is 10.9. The van der Waals surface area contributed by atoms with Gasteiger partial charge in [0.1, 0.15) is 5.82 Å². The maximum Gasteiger partial charge on any atom is 0.271 e. The number of rotatable bonds is 3. The van der Waals surface area contributed by atoms with Crippen LogP contribution in [-0.2, 0) is 10.0 Å². The van der Waals surface area contributed by atoms with Gasteiger partial charge in [0.2, 0.25) is 4.34 Å². The van der Waals surface area contributed by atoms with Gasteiger partial charge < -0.3 is 5.32 Å². The normalized spacial score (nSPS) is 19.0. The van der Waals surface area contributed by atoms with Crippen molar-refractivity contribution in [3.05, 3.63) is 46.2 Å². The molecule has 1 aromatic heterocycles. The predicted octanol–water partition coefficient (Wildman–Crippen LogP) is 2.66. The highest BCUT2D eigenvalue weighted by Gasteiger charge is 2.36. The number of nitrogens with zero attached hydrogens (tertiary/aromatic N) is 2. The van der Waals surface area contributed by atoms with Gasteiger partial charge in [0.25, 0.3) is 10.0 Å². The summed E-state index contributed by atoms with van der Waals surface area (Å²) in [6.07, 6.45) is 0. The van der Waals surface area contributed by atoms with Crippen molar-refractivity contribution in [1.82, 2.24) is 14.6 Å². The third-order valence-corrected chi connectivity index (χ3v) is 7.30. The molecule has 0 amide bonds. The Balaban J connectivity index is 0.00000208. The monoisotopic (exact) mass is 391 g/mol. The first kappa shape index (κ1) is 19.3. The predicted molar refractivity (Wildman–Crippen MR) is 94.7 cm³/mol. The van der Waals surface area contributed by atoms with Crippen LogP contribution in [0.1, 0.15) is 22.2 Å². The fraction of sp³-hybridized carbons (Fsp3) is 0.400. The third kappa shape index (κ3) is 3.62. The topological polar surface area (TPSA) is 62.3 Å². The highest BCUT2D eigenvalue weighted by Crippen LogP contribution is 2.31. The van der Waals surface area contributed by atoms with Crippen molar-refractivity contribution in [2.45, 2.75) is 24.2 Å². The maximum absolute atomic E-state index is 13.5. The second-order valence-corrected chi connectivity index (χ2v) is 8.78. The molecule has 1 unspecified atom stereocenters. The number of hydrogen-bond donors (Lipinski definition) is 1. The van der Waals surface area contributed by atoms with Crippen molar-refractivity contribution in [1.29, 1.82) is 0 Å². The molecule has 132 valence electrons. The molecule has 0 aliphatic carbocycles. The van der Waals surface area contributed by atoms with Crippen LogP contribution in [0, 0.1) is 19.7 Å². The number of piperazine rings is 1. The zero-order valence-corrected chi connectivity index (χ0v) is 15.8. The van der Waals surface area contributed by atoms with Gasteiger partial charge in [0.05, 0.1) is 11.7 Å². The van der Waals surface area contributed by atoms with E-state index < -0.39 is 16.1 Å². The van der Waals surface area contributed by atoms with Crippen LogP contribution in [0.4, 0.5) is 4.39 Å². The number of sulfonamides is 1. The molecule has 3 rings (SSSR count). The number of aryl methyl sites for hydroxylation is 2. The van der Waals surface area contributed by atoms with E-state index in [1.807, 2.05) is 6.92 Å². The lowest BCUT2D eigenvalue weighted by molar-refractivity contribution is 0.271. The van der Waals surface area contributed by atoms with Crippen molar-refractivity contribution < 1.29 is 12.8 Å². The highest BCUT2D eigenvalue weighted by molar-refractivity contribution is 7.91. The van der Waals surface area contributed by atoms with Gasteiger partial charge in [-0.15, -0.1) is 23.7 Å². The Morgan fingerprint density at radius 3 is 2.75 bits per heavy atom. The lowest BCUT2D eigenvalue weighted by Crippen LogP contribution is -2.48. The average molecular weight is 392 g/mol. The van der Waals surface area contributed by atoms with Crippen LogP contribution in [0.25, 0.3) is 0 Å². The van der Waals surface area contributed by atoms with Crippen LogP contribution in [0.2, 0.25) is 0 Å². The van der Waals surface area contributed by atoms with Crippen molar-refractivity contribution >= 4 is 33.8 Å². The average Bonchev–Trinajstić information content (AvgIpc) is 2.87. The standard InChI is InChI=1S/C15H18FN3O2S2.ClH/c1-10-11(2)22-15(18-10)23(20,21)19-7-6-17-9-14(19)12-4-3-5-13(16)8-12;/h3-5,8,14,17H,6-7,9H2,1-2H3;1H. The molecule has 2 aromatic rings. The minimum absolute atomic E-state index is 0. The minimum atomic E-state index is -3.70. The Kier molecular flexibility index (Phi) is 5.98. The summed E-state index contributed by atoms with van der Waals surface area (Å²) in [5, 5.41) is 3.18. The number of aromatic nitrogens is 1. The Bertz CT molecular complexity index is 806. The van der Waals surface area contributed by atoms with E-state index in [0.29, 0.717) is 25.2 Å². The van der Waals surface area contributed by atoms with Gasteiger partial charge in [0.15, 0.2) is 0 Å². The number of thiazole rings is 1. The number of halogens is 2. The number of benzene rings is 1. The van der Waals surface area contributed by atoms with Gasteiger partial charge in [-0.1, -0.05) is 12.1 Å². The van der Waals surface area contributed by atoms with Crippen LogP contribution in [0.15, 0.2) is 28.6 Å². The van der Waals surface area contributed by atoms with Gasteiger partial charge in [0, 0.05) is 24.5 Å². The van der Waals surface area contributed by atoms with Gasteiger partial charge in [-0.25, -0.2) is 17.8 Å². The van der Waals surface area contributed by atoms with Gasteiger partial charge in [-0.2, -0.15) is 4.31 Å². The largest absolute Gasteiger partial charge is 0.313 e. The fourth-order valence-corrected chi connectivity index (χ4v) is 5.66. The second-order valence-electron chi connectivity index (χ2n) is 5.51. The van der Waals surface area contributed by atoms with Gasteiger partial charge >= 0.3 is 0 Å². The molecule has 1 fully saturated rings. The molecular weight excluding hydrogens is 373 g/mol. The summed E-state index contributed by atoms with van der Waals surface area (Å²) in [4.78, 5) is 5.09. The van der Waals surface area contributed by atoms with E-state index in [-0.39, 0.29) is 22.6 Å². The van der Waals surface area contributed by atoms with E-state index in [1.165, 1.54) is 27.8 Å². The second kappa shape index (κ2) is 7.45. The molecule has 2 heterocycles. The molecule has 1 aromatic carbocycles. The van der Waals surface area contributed by atoms with E-state index in [0.717, 1.165) is 10.6 Å². The third-order valence-electron chi connectivity index (χ3n) is 3.97. The summed E-state index contributed by atoms with van der Waals surface area (Å²) in [7, 11) is -3.70. The molecule has 5 nitrogen and oxygen atoms in total. The molecule has 1 saturated heterocycles. The Labute approximate surface area is 151 Å². The number of nitrogens with one attached hydrogen (secondary N) is 1. The first-order valence-electron chi connectivity index (χ1n) is 7.31. The molecule has 0 saturated carbocycles. The van der Waals surface area contributed by atoms with Crippen molar-refractivity contribution in [2.75, 3.05) is 19.6 Å². The van der Waals surface area contributed by atoms with Crippen LogP contribution in [0.5, 0.6) is 0 Å². The van der Waals surface area contributed by atoms with Crippen LogP contribution >= 0.6 is 23.7 Å². The molecule has 0 spiro atoms. The van der Waals surface area contributed by atoms with E-state index >= 15 is 0 Å². The molecule has 1 atom stereocenters. The van der Waals surface area contributed by atoms with Crippen molar-refractivity contribution in [3.63, 3.8) is 0 Å². The van der Waals surface area contributed by atoms with E-state index in [4.69, 9.17) is 0 Å². The van der Waals surface area contributed by atoms with Crippen molar-refractivity contribution in [2.24, 2.45) is 0 Å². The Morgan fingerprint density at radius 1 is 1.38 bits per heavy atom. The molecule has 1 N–H and O–H groups in total. The summed E-state index contributed by atoms with van der Waals surface area (Å²) < 4.78 is 41.0. The molecular formula is C15H19ClFN3O2S2. The quantitative estimate of drug-likeness (QED) is 0.873. The maximum atomic E-state index is 13.5. The lowest BCUT2D eigenvalue weighted by Gasteiger charge is -2.34. The van der Waals surface area contributed by atoms with E-state index in [1.54, 1.807) is 19.1 Å². The first-order valence-corrected chi connectivity index (χ1v) is 9.57. The molecule has 9 heteroatoms. The SMILES string of the molecule is Cc1nc(S(=O)(=O)N2CCNCC2c2cccc(F)c2)sc1C.Cl. The smallest absolute Gasteiger partial charge is 0.271 e. The zero-order chi connectivity index (χ0) is 16.6. The van der Waals surface area contributed by atoms with Crippen LogP contribution in [0.3, 0.4) is 0 Å². The van der Waals surface area contributed by atoms with Crippen LogP contribution < -0.4 is 5.32 Å². The zero-order valence-electron chi connectivity index (χ0n) is 13.3. The van der Waals surface area contributed by atoms with E-state index in [9.17, 15) is 12.8 Å². The van der Waals surface area contributed by atoms with Gasteiger partial charge in [-0.05, 0) is 31.5 Å². The lowest BCUT2D eigenvalue weighted by atomic mass is 10.1. The Morgan fingerprint density at radius 2 is 2.12 bits per heavy atom. The summed E-state index contributed by atoms with van der Waals surface area (Å²) in [6.45, 7) is 5.00. The number of hydrogen-bond acceptors (Lipinski definition) is 5. The van der Waals surface area contributed by atoms with Gasteiger partial charge in [-0.3, -0.25) is 0 Å². The molecule has 24 heavy (non-hydrogen) atoms. The highest BCUT2D eigenvalue weighted by atomic mass is 35.5. The summed E-state index contributed by atoms with van der Waals surface area (Å²) in [6, 6.07) is 5.66. The summed E-state index contributed by atoms with van der Waals surface area (Å²) >= 11 is 1.18. The minimum Gasteiger partial charge on any atom is -0.313 e. The van der Waals surface area contributed by atoms with E-state index in [2.05, 4.69) is 10.3 Å². The molecule has 0 bridgehead atoms. The molecule has 0 radical (unpaired) electrons. The molecule has 1 aliphatic rings. The Hall–Kier alpha value is -1.06. The molecule has 1 aliphatic heterocycles. The van der Waals surface area contributed by atoms with Crippen LogP contribution in [-0.4, -0.2) is 37.3 Å². The fourth-order valence-electron chi connectivity index (χ4n) is 2.63. The van der Waals surface area contributed by atoms with Crippen molar-refractivity contribution in [3.8, 4) is 0 Å².